The third-order valence-electron chi connectivity index (χ3n) is 4.26. The number of rotatable bonds is 3. The zero-order valence-corrected chi connectivity index (χ0v) is 13.5. The standard InChI is InChI=1S/C17H23NO2S/c1-12-6-7-15(11-13(12)2)18-17(20)16-14(8-10-21-16)5-3-4-9-19/h8,10,12-13,15,19H,4,6-7,9,11H2,1-2H3,(H,18,20). The van der Waals surface area contributed by atoms with Gasteiger partial charge in [0, 0.05) is 18.0 Å². The molecule has 3 atom stereocenters. The Kier molecular flexibility index (Phi) is 5.84. The zero-order chi connectivity index (χ0) is 15.2. The minimum absolute atomic E-state index is 0.00921. The number of aliphatic hydroxyl groups is 1. The second-order valence-corrected chi connectivity index (χ2v) is 6.79. The van der Waals surface area contributed by atoms with Gasteiger partial charge in [-0.05, 0) is 42.5 Å². The van der Waals surface area contributed by atoms with Crippen LogP contribution in [0, 0.1) is 23.7 Å². The normalized spacial score (nSPS) is 25.0. The number of thiophene rings is 1. The highest BCUT2D eigenvalue weighted by Gasteiger charge is 2.26. The highest BCUT2D eigenvalue weighted by molar-refractivity contribution is 7.12. The molecule has 0 bridgehead atoms. The summed E-state index contributed by atoms with van der Waals surface area (Å²) in [6.45, 7) is 4.60. The number of carbonyl (C=O) groups excluding carboxylic acids is 1. The lowest BCUT2D eigenvalue weighted by Gasteiger charge is -2.32. The van der Waals surface area contributed by atoms with E-state index in [1.165, 1.54) is 17.8 Å². The van der Waals surface area contributed by atoms with Crippen LogP contribution in [0.5, 0.6) is 0 Å². The Hall–Kier alpha value is -1.31. The van der Waals surface area contributed by atoms with Crippen LogP contribution in [0.3, 0.4) is 0 Å². The monoisotopic (exact) mass is 305 g/mol. The predicted molar refractivity (Wildman–Crippen MR) is 86.3 cm³/mol. The van der Waals surface area contributed by atoms with Gasteiger partial charge in [0.05, 0.1) is 6.61 Å². The van der Waals surface area contributed by atoms with Crippen LogP contribution >= 0.6 is 11.3 Å². The summed E-state index contributed by atoms with van der Waals surface area (Å²) in [5.41, 5.74) is 0.767. The molecular formula is C17H23NO2S. The molecule has 0 aliphatic heterocycles. The minimum atomic E-state index is -0.00921. The number of nitrogens with one attached hydrogen (secondary N) is 1. The summed E-state index contributed by atoms with van der Waals surface area (Å²) in [7, 11) is 0. The van der Waals surface area contributed by atoms with Gasteiger partial charge in [0.2, 0.25) is 0 Å². The molecule has 4 heteroatoms. The second kappa shape index (κ2) is 7.63. The van der Waals surface area contributed by atoms with Crippen molar-refractivity contribution >= 4 is 17.2 Å². The fourth-order valence-electron chi connectivity index (χ4n) is 2.73. The maximum Gasteiger partial charge on any atom is 0.262 e. The number of amides is 1. The summed E-state index contributed by atoms with van der Waals surface area (Å²) in [4.78, 5) is 13.1. The third-order valence-corrected chi connectivity index (χ3v) is 5.18. The van der Waals surface area contributed by atoms with E-state index in [0.29, 0.717) is 17.2 Å². The Balaban J connectivity index is 1.98. The van der Waals surface area contributed by atoms with Crippen LogP contribution in [-0.2, 0) is 0 Å². The summed E-state index contributed by atoms with van der Waals surface area (Å²) in [6, 6.07) is 2.15. The van der Waals surface area contributed by atoms with Gasteiger partial charge in [-0.3, -0.25) is 4.79 Å². The molecule has 0 saturated heterocycles. The van der Waals surface area contributed by atoms with Crippen molar-refractivity contribution in [3.63, 3.8) is 0 Å². The van der Waals surface area contributed by atoms with E-state index in [-0.39, 0.29) is 18.6 Å². The van der Waals surface area contributed by atoms with E-state index in [0.717, 1.165) is 24.3 Å². The molecule has 0 spiro atoms. The van der Waals surface area contributed by atoms with Crippen LogP contribution in [0.25, 0.3) is 0 Å². The van der Waals surface area contributed by atoms with Gasteiger partial charge < -0.3 is 10.4 Å². The Morgan fingerprint density at radius 2 is 2.24 bits per heavy atom. The predicted octanol–water partition coefficient (Wildman–Crippen LogP) is 3.04. The molecule has 2 rings (SSSR count). The number of hydrogen-bond acceptors (Lipinski definition) is 3. The molecule has 1 aromatic heterocycles. The van der Waals surface area contributed by atoms with Crippen LogP contribution < -0.4 is 5.32 Å². The molecule has 114 valence electrons. The minimum Gasteiger partial charge on any atom is -0.395 e. The summed E-state index contributed by atoms with van der Waals surface area (Å²) in [6.07, 6.45) is 3.74. The van der Waals surface area contributed by atoms with Crippen molar-refractivity contribution in [2.75, 3.05) is 6.61 Å². The van der Waals surface area contributed by atoms with Crippen LogP contribution in [-0.4, -0.2) is 23.7 Å². The Morgan fingerprint density at radius 1 is 1.43 bits per heavy atom. The van der Waals surface area contributed by atoms with Crippen molar-refractivity contribution in [2.45, 2.75) is 45.6 Å². The molecule has 2 N–H and O–H groups in total. The average molecular weight is 305 g/mol. The molecule has 1 amide bonds. The van der Waals surface area contributed by atoms with Crippen LogP contribution in [0.4, 0.5) is 0 Å². The lowest BCUT2D eigenvalue weighted by atomic mass is 9.79. The molecule has 21 heavy (non-hydrogen) atoms. The van der Waals surface area contributed by atoms with E-state index >= 15 is 0 Å². The number of hydrogen-bond donors (Lipinski definition) is 2. The third kappa shape index (κ3) is 4.33. The van der Waals surface area contributed by atoms with E-state index in [4.69, 9.17) is 5.11 Å². The molecule has 1 aliphatic rings. The molecule has 0 aromatic carbocycles. The first-order valence-corrected chi connectivity index (χ1v) is 8.48. The Morgan fingerprint density at radius 3 is 2.95 bits per heavy atom. The van der Waals surface area contributed by atoms with Crippen molar-refractivity contribution in [2.24, 2.45) is 11.8 Å². The Bertz CT molecular complexity index is 540. The van der Waals surface area contributed by atoms with Gasteiger partial charge in [0.15, 0.2) is 0 Å². The van der Waals surface area contributed by atoms with Crippen LogP contribution in [0.2, 0.25) is 0 Å². The summed E-state index contributed by atoms with van der Waals surface area (Å²) < 4.78 is 0. The fourth-order valence-corrected chi connectivity index (χ4v) is 3.48. The van der Waals surface area contributed by atoms with Gasteiger partial charge in [-0.2, -0.15) is 0 Å². The second-order valence-electron chi connectivity index (χ2n) is 5.88. The van der Waals surface area contributed by atoms with Gasteiger partial charge in [0.25, 0.3) is 5.91 Å². The summed E-state index contributed by atoms with van der Waals surface area (Å²) in [5, 5.41) is 13.8. The summed E-state index contributed by atoms with van der Waals surface area (Å²) in [5.74, 6) is 7.25. The van der Waals surface area contributed by atoms with Gasteiger partial charge >= 0.3 is 0 Å². The van der Waals surface area contributed by atoms with Crippen molar-refractivity contribution < 1.29 is 9.90 Å². The highest BCUT2D eigenvalue weighted by atomic mass is 32.1. The topological polar surface area (TPSA) is 49.3 Å². The first kappa shape index (κ1) is 16.1. The molecule has 1 saturated carbocycles. The maximum absolute atomic E-state index is 12.4. The van der Waals surface area contributed by atoms with Crippen molar-refractivity contribution in [1.29, 1.82) is 0 Å². The van der Waals surface area contributed by atoms with Crippen molar-refractivity contribution in [1.82, 2.24) is 5.32 Å². The van der Waals surface area contributed by atoms with E-state index < -0.39 is 0 Å². The molecule has 1 heterocycles. The van der Waals surface area contributed by atoms with E-state index in [1.807, 2.05) is 11.4 Å². The maximum atomic E-state index is 12.4. The van der Waals surface area contributed by atoms with Crippen molar-refractivity contribution in [3.05, 3.63) is 21.9 Å². The molecule has 1 fully saturated rings. The van der Waals surface area contributed by atoms with Crippen molar-refractivity contribution in [3.8, 4) is 11.8 Å². The first-order chi connectivity index (χ1) is 10.1. The van der Waals surface area contributed by atoms with E-state index in [2.05, 4.69) is 31.0 Å². The smallest absolute Gasteiger partial charge is 0.262 e. The van der Waals surface area contributed by atoms with Crippen LogP contribution in [0.15, 0.2) is 11.4 Å². The zero-order valence-electron chi connectivity index (χ0n) is 12.7. The number of aliphatic hydroxyl groups excluding tert-OH is 1. The fraction of sp³-hybridized carbons (Fsp3) is 0.588. The van der Waals surface area contributed by atoms with Crippen LogP contribution in [0.1, 0.15) is 54.8 Å². The lowest BCUT2D eigenvalue weighted by Crippen LogP contribution is -2.39. The largest absolute Gasteiger partial charge is 0.395 e. The quantitative estimate of drug-likeness (QED) is 0.843. The van der Waals surface area contributed by atoms with Gasteiger partial charge in [0.1, 0.15) is 4.88 Å². The number of carbonyl (C=O) groups is 1. The van der Waals surface area contributed by atoms with Gasteiger partial charge in [-0.15, -0.1) is 11.3 Å². The summed E-state index contributed by atoms with van der Waals surface area (Å²) >= 11 is 1.43. The molecule has 0 radical (unpaired) electrons. The van der Waals surface area contributed by atoms with E-state index in [1.54, 1.807) is 0 Å². The van der Waals surface area contributed by atoms with Gasteiger partial charge in [-0.25, -0.2) is 0 Å². The van der Waals surface area contributed by atoms with E-state index in [9.17, 15) is 4.79 Å². The lowest BCUT2D eigenvalue weighted by molar-refractivity contribution is 0.0914. The molecular weight excluding hydrogens is 282 g/mol. The Labute approximate surface area is 130 Å². The molecule has 1 aromatic rings. The molecule has 1 aliphatic carbocycles. The van der Waals surface area contributed by atoms with Gasteiger partial charge in [-0.1, -0.05) is 25.7 Å². The molecule has 3 nitrogen and oxygen atoms in total. The highest BCUT2D eigenvalue weighted by Crippen LogP contribution is 2.29. The molecule has 3 unspecified atom stereocenters. The first-order valence-electron chi connectivity index (χ1n) is 7.60. The SMILES string of the molecule is CC1CCC(NC(=O)c2sccc2C#CCCO)CC1C. The average Bonchev–Trinajstić information content (AvgIpc) is 2.92.